The predicted molar refractivity (Wildman–Crippen MR) is 127 cm³/mol. The zero-order valence-electron chi connectivity index (χ0n) is 20.5. The number of hydrogen-bond acceptors (Lipinski definition) is 3. The number of carbonyl (C=O) groups excluding carboxylic acids is 1. The van der Waals surface area contributed by atoms with Crippen molar-refractivity contribution in [2.75, 3.05) is 26.3 Å². The molecule has 1 aromatic rings. The molecule has 188 valence electrons. The fourth-order valence-corrected chi connectivity index (χ4v) is 5.94. The highest BCUT2D eigenvalue weighted by Crippen LogP contribution is 2.46. The number of hydrogen-bond donors (Lipinski definition) is 1. The van der Waals surface area contributed by atoms with E-state index in [-0.39, 0.29) is 17.2 Å². The number of ether oxygens (including phenoxy) is 1. The van der Waals surface area contributed by atoms with E-state index in [1.165, 1.54) is 12.1 Å². The number of rotatable bonds is 5. The molecule has 4 unspecified atom stereocenters. The Morgan fingerprint density at radius 1 is 1.26 bits per heavy atom. The third-order valence-electron chi connectivity index (χ3n) is 8.23. The topological polar surface area (TPSA) is 41.6 Å². The molecule has 2 aliphatic heterocycles. The Hall–Kier alpha value is -1.86. The zero-order valence-corrected chi connectivity index (χ0v) is 20.5. The number of nitrogens with one attached hydrogen (secondary N) is 1. The van der Waals surface area contributed by atoms with Gasteiger partial charge in [0.15, 0.2) is 0 Å². The monoisotopic (exact) mass is 478 g/mol. The molecular weight excluding hydrogens is 441 g/mol. The molecule has 1 amide bonds. The molecule has 1 saturated heterocycles. The highest BCUT2D eigenvalue weighted by molar-refractivity contribution is 5.84. The Morgan fingerprint density at radius 2 is 2.06 bits per heavy atom. The van der Waals surface area contributed by atoms with E-state index in [0.717, 1.165) is 50.5 Å². The van der Waals surface area contributed by atoms with Crippen molar-refractivity contribution in [1.82, 2.24) is 10.2 Å². The number of alkyl halides is 3. The first-order valence-corrected chi connectivity index (χ1v) is 12.6. The fourth-order valence-electron chi connectivity index (χ4n) is 5.94. The van der Waals surface area contributed by atoms with Crippen LogP contribution in [-0.2, 0) is 15.7 Å². The minimum absolute atomic E-state index is 0.200. The number of benzene rings is 1. The maximum atomic E-state index is 13.8. The standard InChI is InChI=1S/C27H37F3N2O2/c1-18(2)26(11-7-23(16-26)31-24-10-14-34-17-19(24)3)25(33)32-12-8-20(9-13-32)21-5-4-6-22(15-21)27(28,29)30/h4-6,8,15,18-19,23-24,31H,7,9-14,16-17H2,1-3H3. The Balaban J connectivity index is 1.43. The van der Waals surface area contributed by atoms with Crippen molar-refractivity contribution in [3.63, 3.8) is 0 Å². The van der Waals surface area contributed by atoms with Gasteiger partial charge < -0.3 is 15.0 Å². The van der Waals surface area contributed by atoms with Gasteiger partial charge in [-0.05, 0) is 67.2 Å². The summed E-state index contributed by atoms with van der Waals surface area (Å²) in [6, 6.07) is 6.25. The van der Waals surface area contributed by atoms with Crippen LogP contribution in [0.15, 0.2) is 30.3 Å². The summed E-state index contributed by atoms with van der Waals surface area (Å²) in [6.07, 6.45) is 1.87. The molecule has 4 rings (SSSR count). The van der Waals surface area contributed by atoms with Crippen molar-refractivity contribution >= 4 is 11.5 Å². The molecule has 1 N–H and O–H groups in total. The maximum absolute atomic E-state index is 13.8. The van der Waals surface area contributed by atoms with E-state index in [2.05, 4.69) is 26.1 Å². The van der Waals surface area contributed by atoms with Gasteiger partial charge in [-0.25, -0.2) is 0 Å². The molecule has 1 aromatic carbocycles. The number of carbonyl (C=O) groups is 1. The van der Waals surface area contributed by atoms with Crippen LogP contribution >= 0.6 is 0 Å². The van der Waals surface area contributed by atoms with Gasteiger partial charge in [-0.2, -0.15) is 13.2 Å². The summed E-state index contributed by atoms with van der Waals surface area (Å²) >= 11 is 0. The largest absolute Gasteiger partial charge is 0.416 e. The predicted octanol–water partition coefficient (Wildman–Crippen LogP) is 5.53. The SMILES string of the molecule is CC1COCCC1NC1CCC(C(=O)N2CC=C(c3cccc(C(F)(F)F)c3)CC2)(C(C)C)C1. The van der Waals surface area contributed by atoms with Gasteiger partial charge in [0.25, 0.3) is 0 Å². The molecule has 7 heteroatoms. The van der Waals surface area contributed by atoms with E-state index in [9.17, 15) is 18.0 Å². The Labute approximate surface area is 200 Å². The molecule has 1 aliphatic carbocycles. The van der Waals surface area contributed by atoms with Crippen molar-refractivity contribution in [2.24, 2.45) is 17.3 Å². The summed E-state index contributed by atoms with van der Waals surface area (Å²) in [6.45, 7) is 9.08. The summed E-state index contributed by atoms with van der Waals surface area (Å²) in [4.78, 5) is 15.7. The summed E-state index contributed by atoms with van der Waals surface area (Å²) in [5.74, 6) is 0.902. The Bertz CT molecular complexity index is 913. The first-order chi connectivity index (χ1) is 16.1. The van der Waals surface area contributed by atoms with Crippen molar-refractivity contribution in [1.29, 1.82) is 0 Å². The van der Waals surface area contributed by atoms with Crippen LogP contribution in [0.3, 0.4) is 0 Å². The van der Waals surface area contributed by atoms with Gasteiger partial charge in [0.2, 0.25) is 5.91 Å². The average molecular weight is 479 g/mol. The second kappa shape index (κ2) is 10.0. The molecule has 0 spiro atoms. The lowest BCUT2D eigenvalue weighted by molar-refractivity contribution is -0.144. The van der Waals surface area contributed by atoms with Crippen LogP contribution in [0.2, 0.25) is 0 Å². The van der Waals surface area contributed by atoms with Gasteiger partial charge in [0, 0.05) is 31.8 Å². The number of halogens is 3. The summed E-state index contributed by atoms with van der Waals surface area (Å²) in [5.41, 5.74) is 0.462. The van der Waals surface area contributed by atoms with Crippen LogP contribution in [0.5, 0.6) is 0 Å². The van der Waals surface area contributed by atoms with E-state index in [1.807, 2.05) is 11.0 Å². The minimum Gasteiger partial charge on any atom is -0.381 e. The van der Waals surface area contributed by atoms with Crippen LogP contribution in [0, 0.1) is 17.3 Å². The lowest BCUT2D eigenvalue weighted by Gasteiger charge is -2.39. The fraction of sp³-hybridized carbons (Fsp3) is 0.667. The maximum Gasteiger partial charge on any atom is 0.416 e. The highest BCUT2D eigenvalue weighted by Gasteiger charge is 2.49. The second-order valence-corrected chi connectivity index (χ2v) is 10.7. The van der Waals surface area contributed by atoms with Gasteiger partial charge in [-0.15, -0.1) is 0 Å². The normalized spacial score (nSPS) is 30.5. The molecule has 4 nitrogen and oxygen atoms in total. The van der Waals surface area contributed by atoms with Crippen molar-refractivity contribution in [3.05, 3.63) is 41.5 Å². The van der Waals surface area contributed by atoms with E-state index in [0.29, 0.717) is 43.1 Å². The first kappa shape index (κ1) is 25.2. The second-order valence-electron chi connectivity index (χ2n) is 10.7. The third-order valence-corrected chi connectivity index (χ3v) is 8.23. The number of nitrogens with zero attached hydrogens (tertiary/aromatic N) is 1. The lowest BCUT2D eigenvalue weighted by Crippen LogP contribution is -2.49. The van der Waals surface area contributed by atoms with Crippen molar-refractivity contribution in [3.8, 4) is 0 Å². The van der Waals surface area contributed by atoms with Crippen LogP contribution in [0.25, 0.3) is 5.57 Å². The van der Waals surface area contributed by atoms with E-state index in [4.69, 9.17) is 4.74 Å². The van der Waals surface area contributed by atoms with Crippen LogP contribution < -0.4 is 5.32 Å². The smallest absolute Gasteiger partial charge is 0.381 e. The van der Waals surface area contributed by atoms with E-state index in [1.54, 1.807) is 6.07 Å². The van der Waals surface area contributed by atoms with Crippen LogP contribution in [-0.4, -0.2) is 49.2 Å². The van der Waals surface area contributed by atoms with Crippen molar-refractivity contribution < 1.29 is 22.7 Å². The molecule has 2 heterocycles. The lowest BCUT2D eigenvalue weighted by atomic mass is 9.74. The molecular formula is C27H37F3N2O2. The summed E-state index contributed by atoms with van der Waals surface area (Å²) in [5, 5.41) is 3.83. The third kappa shape index (κ3) is 5.20. The van der Waals surface area contributed by atoms with Gasteiger partial charge in [-0.3, -0.25) is 4.79 Å². The van der Waals surface area contributed by atoms with Crippen molar-refractivity contribution in [2.45, 2.75) is 71.1 Å². The van der Waals surface area contributed by atoms with Gasteiger partial charge in [0.05, 0.1) is 17.6 Å². The average Bonchev–Trinajstić information content (AvgIpc) is 3.25. The molecule has 34 heavy (non-hydrogen) atoms. The molecule has 1 saturated carbocycles. The summed E-state index contributed by atoms with van der Waals surface area (Å²) < 4.78 is 44.9. The van der Waals surface area contributed by atoms with E-state index < -0.39 is 11.7 Å². The van der Waals surface area contributed by atoms with E-state index >= 15 is 0 Å². The zero-order chi connectivity index (χ0) is 24.5. The van der Waals surface area contributed by atoms with Gasteiger partial charge >= 0.3 is 6.18 Å². The Morgan fingerprint density at radius 3 is 2.71 bits per heavy atom. The van der Waals surface area contributed by atoms with Crippen LogP contribution in [0.4, 0.5) is 13.2 Å². The first-order valence-electron chi connectivity index (χ1n) is 12.6. The number of amides is 1. The molecule has 0 radical (unpaired) electrons. The quantitative estimate of drug-likeness (QED) is 0.605. The molecule has 4 atom stereocenters. The van der Waals surface area contributed by atoms with Gasteiger partial charge in [0.1, 0.15) is 0 Å². The molecule has 0 bridgehead atoms. The Kier molecular flexibility index (Phi) is 7.44. The molecule has 0 aromatic heterocycles. The molecule has 3 aliphatic rings. The molecule has 2 fully saturated rings. The van der Waals surface area contributed by atoms with Gasteiger partial charge in [-0.1, -0.05) is 39.0 Å². The van der Waals surface area contributed by atoms with Crippen LogP contribution in [0.1, 0.15) is 64.0 Å². The highest BCUT2D eigenvalue weighted by atomic mass is 19.4. The minimum atomic E-state index is -4.35. The summed E-state index contributed by atoms with van der Waals surface area (Å²) in [7, 11) is 0.